The Bertz CT molecular complexity index is 492. The maximum atomic E-state index is 5.76. The van der Waals surface area contributed by atoms with Crippen LogP contribution in [0, 0.1) is 0 Å². The first-order valence-electron chi connectivity index (χ1n) is 4.15. The van der Waals surface area contributed by atoms with Gasteiger partial charge in [0.15, 0.2) is 18.2 Å². The highest BCUT2D eigenvalue weighted by Gasteiger charge is 2.20. The van der Waals surface area contributed by atoms with E-state index in [0.717, 1.165) is 5.69 Å². The van der Waals surface area contributed by atoms with E-state index in [0.29, 0.717) is 23.9 Å². The molecule has 0 fully saturated rings. The Kier molecular flexibility index (Phi) is 1.27. The van der Waals surface area contributed by atoms with Gasteiger partial charge in [-0.15, -0.1) is 5.10 Å². The van der Waals surface area contributed by atoms with E-state index in [1.807, 2.05) is 12.1 Å². The second kappa shape index (κ2) is 2.44. The number of hydrogen-bond donors (Lipinski definition) is 1. The molecule has 2 heterocycles. The van der Waals surface area contributed by atoms with Crippen molar-refractivity contribution < 1.29 is 4.74 Å². The van der Waals surface area contributed by atoms with Gasteiger partial charge < -0.3 is 10.5 Å². The van der Waals surface area contributed by atoms with Crippen LogP contribution in [0.15, 0.2) is 18.2 Å². The molecule has 70 valence electrons. The van der Waals surface area contributed by atoms with Crippen LogP contribution in [0.3, 0.4) is 0 Å². The van der Waals surface area contributed by atoms with Gasteiger partial charge in [-0.05, 0) is 22.6 Å². The third-order valence-electron chi connectivity index (χ3n) is 2.13. The summed E-state index contributed by atoms with van der Waals surface area (Å²) in [5.74, 6) is 1.33. The first-order valence-corrected chi connectivity index (χ1v) is 4.15. The molecule has 2 N–H and O–H groups in total. The highest BCUT2D eigenvalue weighted by atomic mass is 16.5. The first-order chi connectivity index (χ1) is 6.86. The normalized spacial score (nSPS) is 12.9. The Morgan fingerprint density at radius 2 is 2.36 bits per heavy atom. The summed E-state index contributed by atoms with van der Waals surface area (Å²) in [5.41, 5.74) is 7.15. The summed E-state index contributed by atoms with van der Waals surface area (Å²) < 4.78 is 7.08. The van der Waals surface area contributed by atoms with Crippen molar-refractivity contribution in [2.75, 3.05) is 5.73 Å². The van der Waals surface area contributed by atoms with Crippen molar-refractivity contribution in [3.63, 3.8) is 0 Å². The van der Waals surface area contributed by atoms with Gasteiger partial charge in [-0.3, -0.25) is 0 Å². The summed E-state index contributed by atoms with van der Waals surface area (Å²) in [5, 5.41) is 11.3. The molecule has 0 radical (unpaired) electrons. The molecule has 14 heavy (non-hydrogen) atoms. The van der Waals surface area contributed by atoms with Gasteiger partial charge in [0.1, 0.15) is 5.69 Å². The van der Waals surface area contributed by atoms with Gasteiger partial charge in [-0.2, -0.15) is 4.68 Å². The predicted molar refractivity (Wildman–Crippen MR) is 47.9 cm³/mol. The van der Waals surface area contributed by atoms with Gasteiger partial charge >= 0.3 is 0 Å². The van der Waals surface area contributed by atoms with Gasteiger partial charge in [0.05, 0.1) is 5.69 Å². The Labute approximate surface area is 79.3 Å². The number of nitrogen functional groups attached to an aromatic ring is 1. The lowest BCUT2D eigenvalue weighted by Crippen LogP contribution is -2.15. The van der Waals surface area contributed by atoms with Gasteiger partial charge in [0, 0.05) is 0 Å². The van der Waals surface area contributed by atoms with E-state index < -0.39 is 0 Å². The van der Waals surface area contributed by atoms with Crippen LogP contribution in [0.4, 0.5) is 5.69 Å². The molecule has 3 rings (SSSR count). The minimum Gasteiger partial charge on any atom is -0.481 e. The van der Waals surface area contributed by atoms with E-state index in [1.165, 1.54) is 0 Å². The number of benzene rings is 1. The monoisotopic (exact) mass is 189 g/mol. The quantitative estimate of drug-likeness (QED) is 0.596. The van der Waals surface area contributed by atoms with Crippen molar-refractivity contribution in [2.45, 2.75) is 6.61 Å². The minimum absolute atomic E-state index is 0.355. The fourth-order valence-corrected chi connectivity index (χ4v) is 1.49. The van der Waals surface area contributed by atoms with E-state index in [9.17, 15) is 0 Å². The number of tetrazole rings is 1. The SMILES string of the molecule is Nc1cccc2c1OCc1nnnn1-2. The molecule has 6 nitrogen and oxygen atoms in total. The number of nitrogens with two attached hydrogens (primary N) is 1. The van der Waals surface area contributed by atoms with Crippen molar-refractivity contribution >= 4 is 5.69 Å². The highest BCUT2D eigenvalue weighted by Crippen LogP contribution is 2.32. The number of anilines is 1. The fraction of sp³-hybridized carbons (Fsp3) is 0.125. The lowest BCUT2D eigenvalue weighted by Gasteiger charge is -2.17. The Morgan fingerprint density at radius 1 is 1.43 bits per heavy atom. The van der Waals surface area contributed by atoms with Crippen LogP contribution in [-0.4, -0.2) is 20.2 Å². The van der Waals surface area contributed by atoms with Gasteiger partial charge in [0.2, 0.25) is 0 Å². The zero-order valence-corrected chi connectivity index (χ0v) is 7.21. The summed E-state index contributed by atoms with van der Waals surface area (Å²) in [6.45, 7) is 0.355. The Hall–Kier alpha value is -2.11. The molecular formula is C8H7N5O. The van der Waals surface area contributed by atoms with E-state index in [2.05, 4.69) is 15.5 Å². The molecule has 6 heteroatoms. The summed E-state index contributed by atoms with van der Waals surface area (Å²) in [6, 6.07) is 5.49. The topological polar surface area (TPSA) is 78.8 Å². The van der Waals surface area contributed by atoms with Gasteiger partial charge in [0.25, 0.3) is 0 Å². The molecule has 0 unspecified atom stereocenters. The third kappa shape index (κ3) is 0.819. The van der Waals surface area contributed by atoms with Crippen LogP contribution in [0.25, 0.3) is 5.69 Å². The van der Waals surface area contributed by atoms with Crippen LogP contribution >= 0.6 is 0 Å². The maximum absolute atomic E-state index is 5.76. The molecule has 0 spiro atoms. The molecule has 0 aliphatic carbocycles. The molecule has 1 aromatic heterocycles. The smallest absolute Gasteiger partial charge is 0.194 e. The number of para-hydroxylation sites is 1. The molecule has 0 atom stereocenters. The van der Waals surface area contributed by atoms with Crippen LogP contribution in [0.5, 0.6) is 5.75 Å². The first kappa shape index (κ1) is 7.31. The Morgan fingerprint density at radius 3 is 3.29 bits per heavy atom. The average Bonchev–Trinajstić information content (AvgIpc) is 2.66. The van der Waals surface area contributed by atoms with Gasteiger partial charge in [-0.1, -0.05) is 6.07 Å². The predicted octanol–water partition coefficient (Wildman–Crippen LogP) is 0.137. The lowest BCUT2D eigenvalue weighted by molar-refractivity contribution is 0.278. The van der Waals surface area contributed by atoms with Crippen LogP contribution in [-0.2, 0) is 6.61 Å². The largest absolute Gasteiger partial charge is 0.481 e. The van der Waals surface area contributed by atoms with E-state index in [-0.39, 0.29) is 0 Å². The maximum Gasteiger partial charge on any atom is 0.194 e. The molecule has 0 saturated heterocycles. The third-order valence-corrected chi connectivity index (χ3v) is 2.13. The van der Waals surface area contributed by atoms with E-state index in [4.69, 9.17) is 10.5 Å². The summed E-state index contributed by atoms with van der Waals surface area (Å²) in [6.07, 6.45) is 0. The second-order valence-electron chi connectivity index (χ2n) is 2.99. The summed E-state index contributed by atoms with van der Waals surface area (Å²) in [4.78, 5) is 0. The number of aromatic nitrogens is 4. The van der Waals surface area contributed by atoms with E-state index >= 15 is 0 Å². The second-order valence-corrected chi connectivity index (χ2v) is 2.99. The number of hydrogen-bond acceptors (Lipinski definition) is 5. The standard InChI is InChI=1S/C8H7N5O/c9-5-2-1-3-6-8(5)14-4-7-10-11-12-13(6)7/h1-3H,4,9H2. The molecule has 1 aliphatic heterocycles. The van der Waals surface area contributed by atoms with Crippen LogP contribution < -0.4 is 10.5 Å². The number of ether oxygens (including phenoxy) is 1. The zero-order valence-electron chi connectivity index (χ0n) is 7.21. The minimum atomic E-state index is 0.355. The van der Waals surface area contributed by atoms with Crippen molar-refractivity contribution in [1.82, 2.24) is 20.2 Å². The average molecular weight is 189 g/mol. The van der Waals surface area contributed by atoms with Crippen molar-refractivity contribution in [1.29, 1.82) is 0 Å². The van der Waals surface area contributed by atoms with Crippen molar-refractivity contribution in [3.8, 4) is 11.4 Å². The van der Waals surface area contributed by atoms with E-state index in [1.54, 1.807) is 10.7 Å². The number of nitrogens with zero attached hydrogens (tertiary/aromatic N) is 4. The number of rotatable bonds is 0. The molecule has 1 aromatic carbocycles. The molecule has 0 amide bonds. The molecular weight excluding hydrogens is 182 g/mol. The Balaban J connectivity index is 2.31. The zero-order chi connectivity index (χ0) is 9.54. The highest BCUT2D eigenvalue weighted by molar-refractivity contribution is 5.63. The lowest BCUT2D eigenvalue weighted by atomic mass is 10.2. The van der Waals surface area contributed by atoms with Crippen LogP contribution in [0.1, 0.15) is 5.82 Å². The molecule has 0 saturated carbocycles. The molecule has 1 aliphatic rings. The molecule has 0 bridgehead atoms. The van der Waals surface area contributed by atoms with Crippen molar-refractivity contribution in [3.05, 3.63) is 24.0 Å². The van der Waals surface area contributed by atoms with Crippen molar-refractivity contribution in [2.24, 2.45) is 0 Å². The summed E-state index contributed by atoms with van der Waals surface area (Å²) >= 11 is 0. The molecule has 2 aromatic rings. The van der Waals surface area contributed by atoms with Crippen LogP contribution in [0.2, 0.25) is 0 Å². The fourth-order valence-electron chi connectivity index (χ4n) is 1.49. The summed E-state index contributed by atoms with van der Waals surface area (Å²) in [7, 11) is 0. The number of fused-ring (bicyclic) bond motifs is 3. The van der Waals surface area contributed by atoms with Gasteiger partial charge in [-0.25, -0.2) is 0 Å².